The van der Waals surface area contributed by atoms with Gasteiger partial charge in [0, 0.05) is 111 Å². The molecule has 6 saturated heterocycles. The monoisotopic (exact) mass is 1290 g/mol. The van der Waals surface area contributed by atoms with E-state index in [-0.39, 0.29) is 66.8 Å². The third kappa shape index (κ3) is 20.3. The molecule has 6 aliphatic rings. The second-order valence-electron chi connectivity index (χ2n) is 24.8. The fraction of sp³-hybridized carbons (Fsp3) is 0.436. The molecule has 0 spiro atoms. The molecule has 95 heavy (non-hydrogen) atoms. The van der Waals surface area contributed by atoms with Gasteiger partial charge in [0.05, 0.1) is 92.8 Å². The number of rotatable bonds is 18. The minimum Gasteiger partial charge on any atom is -0.497 e. The van der Waals surface area contributed by atoms with Crippen LogP contribution in [-0.4, -0.2) is 210 Å². The van der Waals surface area contributed by atoms with Gasteiger partial charge in [0.25, 0.3) is 0 Å². The maximum absolute atomic E-state index is 13.6. The Balaban J connectivity index is 0.000000191. The summed E-state index contributed by atoms with van der Waals surface area (Å²) in [6.07, 6.45) is 5.04. The molecule has 0 unspecified atom stereocenters. The first kappa shape index (κ1) is 69.5. The number of aliphatic carboxylic acids is 1. The average molecular weight is 1290 g/mol. The molecule has 6 aromatic carbocycles. The van der Waals surface area contributed by atoms with Crippen LogP contribution in [0.25, 0.3) is 0 Å². The molecule has 12 rings (SSSR count). The minimum atomic E-state index is -0.859. The van der Waals surface area contributed by atoms with Crippen LogP contribution >= 0.6 is 0 Å². The standard InChI is InChI=1S/C39H45N3O5.C35H38N2O5.C4H9NO/c1-45-34-17-13-32(14-18-34)27-38(44)41-20-5-6-21-42-35(28-41)39(36(42)29-47-24-19-37(43)40-22-25-46-26-23-40)33-15-11-31(12-16-33)10-9-30-7-3-2-4-8-30;1-41-30-17-13-28(14-18-30)23-33(38)36-20-5-6-21-37-31(24-36)35(32(37)25-42-22-19-34(39)40)29-15-11-27(12-16-29)10-9-26-7-3-2-4-8-26;1-3-6-4-2-5-1/h2-4,7-8,11-18,35-36,39H,5-6,19-29H2,1H3;2-4,7-8,11-18,31-32,35H,5-6,19-25H2,1H3,(H,39,40);5H,1-4H2/t35-,36+,39+;31-,32+,35+;/m00./s1. The van der Waals surface area contributed by atoms with Gasteiger partial charge in [0.15, 0.2) is 0 Å². The number of hydrogen-bond acceptors (Lipinski definition) is 13. The largest absolute Gasteiger partial charge is 0.497 e. The molecule has 3 amide bonds. The zero-order valence-electron chi connectivity index (χ0n) is 55.1. The highest BCUT2D eigenvalue weighted by molar-refractivity contribution is 5.80. The SMILES string of the molecule is C1COCCN1.COc1ccc(CC(=O)N2CCCCN3[C@H](COCCC(=O)N4CCOCC4)[C@H](c4ccc(C#Cc5ccccc5)cc4)[C@@H]3C2)cc1.COc1ccc(CC(=O)N2CCCCN3[C@H](COCCC(=O)O)[C@H](c4ccc(C#Cc5ccccc5)cc4)[C@@H]3C2)cc1. The summed E-state index contributed by atoms with van der Waals surface area (Å²) in [5.74, 6) is 14.5. The molecule has 2 N–H and O–H groups in total. The van der Waals surface area contributed by atoms with Crippen LogP contribution in [0.2, 0.25) is 0 Å². The lowest BCUT2D eigenvalue weighted by Gasteiger charge is -2.57. The number of nitrogens with one attached hydrogen (secondary N) is 1. The third-order valence-corrected chi connectivity index (χ3v) is 18.6. The molecular formula is C78H92N6O11. The summed E-state index contributed by atoms with van der Waals surface area (Å²) >= 11 is 0. The summed E-state index contributed by atoms with van der Waals surface area (Å²) < 4.78 is 33.0. The molecule has 0 bridgehead atoms. The lowest BCUT2D eigenvalue weighted by Crippen LogP contribution is -2.68. The molecule has 0 aliphatic carbocycles. The van der Waals surface area contributed by atoms with Gasteiger partial charge in [-0.15, -0.1) is 0 Å². The quantitative estimate of drug-likeness (QED) is 0.0620. The van der Waals surface area contributed by atoms with Crippen molar-refractivity contribution in [3.8, 4) is 35.2 Å². The van der Waals surface area contributed by atoms with E-state index in [0.29, 0.717) is 78.5 Å². The summed E-state index contributed by atoms with van der Waals surface area (Å²) in [5, 5.41) is 12.2. The maximum Gasteiger partial charge on any atom is 0.305 e. The van der Waals surface area contributed by atoms with Crippen LogP contribution in [0.15, 0.2) is 158 Å². The lowest BCUT2D eigenvalue weighted by atomic mass is 9.74. The number of carbonyl (C=O) groups is 4. The first-order valence-electron chi connectivity index (χ1n) is 33.8. The Labute approximate surface area is 560 Å². The Bertz CT molecular complexity index is 3480. The highest BCUT2D eigenvalue weighted by Crippen LogP contribution is 2.44. The Morgan fingerprint density at radius 2 is 0.863 bits per heavy atom. The lowest BCUT2D eigenvalue weighted by molar-refractivity contribution is -0.140. The molecule has 6 fully saturated rings. The molecule has 0 aromatic heterocycles. The van der Waals surface area contributed by atoms with Gasteiger partial charge < -0.3 is 53.5 Å². The smallest absolute Gasteiger partial charge is 0.305 e. The number of ether oxygens (including phenoxy) is 6. The fourth-order valence-corrected chi connectivity index (χ4v) is 13.5. The van der Waals surface area contributed by atoms with Crippen LogP contribution in [0.4, 0.5) is 0 Å². The van der Waals surface area contributed by atoms with Crippen molar-refractivity contribution in [1.29, 1.82) is 0 Å². The van der Waals surface area contributed by atoms with E-state index in [9.17, 15) is 19.2 Å². The number of carboxylic acid groups (broad SMARTS) is 1. The summed E-state index contributed by atoms with van der Waals surface area (Å²) in [5.41, 5.74) is 8.27. The molecule has 17 nitrogen and oxygen atoms in total. The van der Waals surface area contributed by atoms with Gasteiger partial charge in [-0.1, -0.05) is 109 Å². The minimum absolute atomic E-state index is 0.0107. The number of methoxy groups -OCH3 is 2. The van der Waals surface area contributed by atoms with E-state index in [0.717, 1.165) is 123 Å². The normalized spacial score (nSPS) is 21.0. The van der Waals surface area contributed by atoms with Gasteiger partial charge in [-0.05, 0) is 134 Å². The second-order valence-corrected chi connectivity index (χ2v) is 24.8. The molecule has 6 atom stereocenters. The highest BCUT2D eigenvalue weighted by atomic mass is 16.5. The summed E-state index contributed by atoms with van der Waals surface area (Å²) in [6, 6.07) is 53.0. The number of amides is 3. The number of carboxylic acids is 1. The second kappa shape index (κ2) is 36.5. The number of carbonyl (C=O) groups excluding carboxylic acids is 3. The Morgan fingerprint density at radius 1 is 0.463 bits per heavy atom. The summed E-state index contributed by atoms with van der Waals surface area (Å²) in [7, 11) is 3.29. The topological polar surface area (TPSA) is 172 Å². The van der Waals surface area contributed by atoms with Crippen molar-refractivity contribution in [2.45, 2.75) is 87.4 Å². The van der Waals surface area contributed by atoms with Crippen LogP contribution in [-0.2, 0) is 51.0 Å². The van der Waals surface area contributed by atoms with Crippen LogP contribution in [0.1, 0.15) is 94.9 Å². The number of benzene rings is 6. The van der Waals surface area contributed by atoms with Crippen molar-refractivity contribution in [3.05, 3.63) is 202 Å². The van der Waals surface area contributed by atoms with Crippen molar-refractivity contribution in [2.24, 2.45) is 0 Å². The summed E-state index contributed by atoms with van der Waals surface area (Å²) in [4.78, 5) is 61.7. The molecule has 0 saturated carbocycles. The number of hydrogen-bond donors (Lipinski definition) is 2. The van der Waals surface area contributed by atoms with Crippen molar-refractivity contribution in [1.82, 2.24) is 29.8 Å². The van der Waals surface area contributed by atoms with Gasteiger partial charge in [-0.2, -0.15) is 0 Å². The molecule has 500 valence electrons. The van der Waals surface area contributed by atoms with Gasteiger partial charge in [-0.3, -0.25) is 29.0 Å². The summed E-state index contributed by atoms with van der Waals surface area (Å²) in [6.45, 7) is 12.7. The van der Waals surface area contributed by atoms with Gasteiger partial charge in [0.1, 0.15) is 11.5 Å². The maximum atomic E-state index is 13.6. The molecular weight excluding hydrogens is 1200 g/mol. The number of nitrogens with zero attached hydrogens (tertiary/aromatic N) is 5. The highest BCUT2D eigenvalue weighted by Gasteiger charge is 2.51. The Morgan fingerprint density at radius 3 is 1.25 bits per heavy atom. The number of morpholine rings is 2. The van der Waals surface area contributed by atoms with Gasteiger partial charge >= 0.3 is 5.97 Å². The van der Waals surface area contributed by atoms with Crippen LogP contribution in [0.5, 0.6) is 11.5 Å². The van der Waals surface area contributed by atoms with Crippen LogP contribution < -0.4 is 14.8 Å². The van der Waals surface area contributed by atoms with E-state index in [2.05, 4.69) is 92.2 Å². The van der Waals surface area contributed by atoms with E-state index < -0.39 is 5.97 Å². The fourth-order valence-electron chi connectivity index (χ4n) is 13.5. The van der Waals surface area contributed by atoms with Crippen molar-refractivity contribution >= 4 is 23.7 Å². The van der Waals surface area contributed by atoms with Gasteiger partial charge in [0.2, 0.25) is 17.7 Å². The predicted octanol–water partition coefficient (Wildman–Crippen LogP) is 8.56. The van der Waals surface area contributed by atoms with Crippen LogP contribution in [0, 0.1) is 23.7 Å². The first-order chi connectivity index (χ1) is 46.6. The number of fused-ring (bicyclic) bond motifs is 2. The van der Waals surface area contributed by atoms with Crippen molar-refractivity contribution in [3.63, 3.8) is 0 Å². The predicted molar refractivity (Wildman–Crippen MR) is 366 cm³/mol. The molecule has 6 aliphatic heterocycles. The average Bonchev–Trinajstić information content (AvgIpc) is 0.760. The zero-order chi connectivity index (χ0) is 66.0. The van der Waals surface area contributed by atoms with E-state index in [1.165, 1.54) is 11.1 Å². The van der Waals surface area contributed by atoms with Gasteiger partial charge in [-0.25, -0.2) is 0 Å². The van der Waals surface area contributed by atoms with E-state index in [1.807, 2.05) is 119 Å². The van der Waals surface area contributed by atoms with Crippen LogP contribution in [0.3, 0.4) is 0 Å². The van der Waals surface area contributed by atoms with E-state index >= 15 is 0 Å². The zero-order valence-corrected chi connectivity index (χ0v) is 55.1. The molecule has 17 heteroatoms. The third-order valence-electron chi connectivity index (χ3n) is 18.6. The van der Waals surface area contributed by atoms with E-state index in [1.54, 1.807) is 14.2 Å². The van der Waals surface area contributed by atoms with E-state index in [4.69, 9.17) is 33.5 Å². The van der Waals surface area contributed by atoms with Crippen molar-refractivity contribution in [2.75, 3.05) is 133 Å². The molecule has 6 aromatic rings. The Kier molecular flexibility index (Phi) is 26.7. The molecule has 6 heterocycles. The first-order valence-corrected chi connectivity index (χ1v) is 33.8. The molecule has 0 radical (unpaired) electrons. The Hall–Kier alpha value is -8.36. The van der Waals surface area contributed by atoms with Crippen molar-refractivity contribution < 1.29 is 52.7 Å².